The van der Waals surface area contributed by atoms with Crippen molar-refractivity contribution in [3.05, 3.63) is 71.3 Å². The Hall–Kier alpha value is -2.95. The summed E-state index contributed by atoms with van der Waals surface area (Å²) in [6, 6.07) is 17.0. The first kappa shape index (κ1) is 17.5. The summed E-state index contributed by atoms with van der Waals surface area (Å²) in [4.78, 5) is 44.0. The van der Waals surface area contributed by atoms with Gasteiger partial charge in [0.15, 0.2) is 5.41 Å². The first-order chi connectivity index (χ1) is 13.0. The average Bonchev–Trinajstić information content (AvgIpc) is 2.96. The van der Waals surface area contributed by atoms with Gasteiger partial charge in [0.1, 0.15) is 5.78 Å². The largest absolute Gasteiger partial charge is 0.349 e. The Labute approximate surface area is 157 Å². The lowest BCUT2D eigenvalue weighted by molar-refractivity contribution is -0.156. The van der Waals surface area contributed by atoms with Crippen LogP contribution in [0.15, 0.2) is 54.6 Å². The van der Waals surface area contributed by atoms with E-state index in [4.69, 9.17) is 4.84 Å². The monoisotopic (exact) mass is 363 g/mol. The summed E-state index contributed by atoms with van der Waals surface area (Å²) in [5.41, 5.74) is 3.49. The molecule has 2 aromatic carbocycles. The van der Waals surface area contributed by atoms with Crippen molar-refractivity contribution < 1.29 is 19.2 Å². The number of ketones is 1. The van der Waals surface area contributed by atoms with Gasteiger partial charge in [0.05, 0.1) is 0 Å². The minimum absolute atomic E-state index is 0.0487. The number of hydroxylamine groups is 1. The number of amides is 1. The lowest BCUT2D eigenvalue weighted by atomic mass is 9.53. The summed E-state index contributed by atoms with van der Waals surface area (Å²) < 4.78 is 0. The number of nitrogens with one attached hydrogen (secondary N) is 1. The normalized spacial score (nSPS) is 30.3. The molecule has 4 atom stereocenters. The van der Waals surface area contributed by atoms with Gasteiger partial charge in [-0.05, 0) is 18.1 Å². The van der Waals surface area contributed by atoms with Crippen molar-refractivity contribution in [3.8, 4) is 0 Å². The maximum absolute atomic E-state index is 13.1. The molecule has 4 rings (SSSR count). The van der Waals surface area contributed by atoms with Crippen molar-refractivity contribution in [2.75, 3.05) is 0 Å². The van der Waals surface area contributed by atoms with Crippen LogP contribution in [-0.4, -0.2) is 17.7 Å². The van der Waals surface area contributed by atoms with Gasteiger partial charge in [-0.3, -0.25) is 9.59 Å². The third-order valence-corrected chi connectivity index (χ3v) is 6.04. The van der Waals surface area contributed by atoms with Crippen molar-refractivity contribution in [2.24, 2.45) is 11.3 Å². The summed E-state index contributed by atoms with van der Waals surface area (Å²) in [5, 5.41) is 0. The van der Waals surface area contributed by atoms with Crippen molar-refractivity contribution in [2.45, 2.75) is 32.1 Å². The topological polar surface area (TPSA) is 72.5 Å². The number of rotatable bonds is 2. The maximum Gasteiger partial charge on any atom is 0.349 e. The zero-order valence-electron chi connectivity index (χ0n) is 15.3. The third-order valence-electron chi connectivity index (χ3n) is 6.04. The van der Waals surface area contributed by atoms with E-state index in [1.807, 2.05) is 61.5 Å². The molecule has 5 heteroatoms. The Balaban J connectivity index is 1.96. The molecular formula is C22H21NO4. The number of hydrogen-bond donors (Lipinski definition) is 1. The molecule has 1 N–H and O–H groups in total. The highest BCUT2D eigenvalue weighted by atomic mass is 16.7. The smallest absolute Gasteiger partial charge is 0.339 e. The van der Waals surface area contributed by atoms with E-state index in [9.17, 15) is 14.4 Å². The summed E-state index contributed by atoms with van der Waals surface area (Å²) in [7, 11) is 0. The van der Waals surface area contributed by atoms with Gasteiger partial charge in [-0.15, -0.1) is 0 Å². The highest BCUT2D eigenvalue weighted by Gasteiger charge is 2.67. The van der Waals surface area contributed by atoms with Gasteiger partial charge >= 0.3 is 5.97 Å². The fourth-order valence-corrected chi connectivity index (χ4v) is 4.66. The van der Waals surface area contributed by atoms with Crippen LogP contribution < -0.4 is 5.48 Å². The number of aryl methyl sites for hydroxylation is 1. The predicted octanol–water partition coefficient (Wildman–Crippen LogP) is 3.05. The fraction of sp³-hybridized carbons (Fsp3) is 0.318. The van der Waals surface area contributed by atoms with E-state index in [1.54, 1.807) is 6.92 Å². The lowest BCUT2D eigenvalue weighted by Crippen LogP contribution is -2.53. The molecule has 0 bridgehead atoms. The lowest BCUT2D eigenvalue weighted by Gasteiger charge is -2.45. The first-order valence-corrected chi connectivity index (χ1v) is 9.12. The summed E-state index contributed by atoms with van der Waals surface area (Å²) >= 11 is 0. The fourth-order valence-electron chi connectivity index (χ4n) is 4.66. The van der Waals surface area contributed by atoms with Crippen molar-refractivity contribution in [1.82, 2.24) is 5.48 Å². The molecule has 1 saturated heterocycles. The van der Waals surface area contributed by atoms with Crippen LogP contribution in [0.1, 0.15) is 41.9 Å². The Kier molecular flexibility index (Phi) is 4.10. The van der Waals surface area contributed by atoms with Crippen molar-refractivity contribution in [3.63, 3.8) is 0 Å². The maximum atomic E-state index is 13.1. The SMILES string of the molecule is Cc1ccc(C2CC(=O)C(C)C(c3ccccc3)C23C(=O)NOC3=O)cc1. The van der Waals surface area contributed by atoms with Crippen LogP contribution in [-0.2, 0) is 19.2 Å². The number of benzene rings is 2. The van der Waals surface area contributed by atoms with E-state index in [-0.39, 0.29) is 12.2 Å². The molecule has 0 radical (unpaired) electrons. The molecule has 138 valence electrons. The summed E-state index contributed by atoms with van der Waals surface area (Å²) in [6.07, 6.45) is 0.135. The van der Waals surface area contributed by atoms with Gasteiger partial charge in [0, 0.05) is 24.2 Å². The Bertz CT molecular complexity index is 888. The minimum atomic E-state index is -1.45. The molecule has 27 heavy (non-hydrogen) atoms. The van der Waals surface area contributed by atoms with Crippen LogP contribution >= 0.6 is 0 Å². The highest BCUT2D eigenvalue weighted by molar-refractivity contribution is 6.10. The molecule has 5 nitrogen and oxygen atoms in total. The molecule has 1 amide bonds. The van der Waals surface area contributed by atoms with Gasteiger partial charge in [0.25, 0.3) is 5.91 Å². The van der Waals surface area contributed by atoms with Crippen molar-refractivity contribution in [1.29, 1.82) is 0 Å². The summed E-state index contributed by atoms with van der Waals surface area (Å²) in [6.45, 7) is 3.77. The van der Waals surface area contributed by atoms with Gasteiger partial charge in [-0.2, -0.15) is 5.48 Å². The Morgan fingerprint density at radius 3 is 2.22 bits per heavy atom. The average molecular weight is 363 g/mol. The van der Waals surface area contributed by atoms with Gasteiger partial charge in [-0.1, -0.05) is 67.1 Å². The quantitative estimate of drug-likeness (QED) is 0.833. The van der Waals surface area contributed by atoms with Crippen LogP contribution in [0, 0.1) is 18.3 Å². The zero-order valence-corrected chi connectivity index (χ0v) is 15.3. The van der Waals surface area contributed by atoms with E-state index < -0.39 is 35.0 Å². The van der Waals surface area contributed by atoms with Crippen LogP contribution in [0.3, 0.4) is 0 Å². The molecule has 2 fully saturated rings. The number of carbonyl (C=O) groups is 3. The number of hydrogen-bond acceptors (Lipinski definition) is 4. The molecule has 2 aromatic rings. The second-order valence-electron chi connectivity index (χ2n) is 7.50. The van der Waals surface area contributed by atoms with Crippen LogP contribution in [0.2, 0.25) is 0 Å². The zero-order chi connectivity index (χ0) is 19.2. The predicted molar refractivity (Wildman–Crippen MR) is 98.6 cm³/mol. The van der Waals surface area contributed by atoms with E-state index in [1.165, 1.54) is 0 Å². The molecular weight excluding hydrogens is 342 g/mol. The van der Waals surface area contributed by atoms with Crippen molar-refractivity contribution >= 4 is 17.7 Å². The summed E-state index contributed by atoms with van der Waals surface area (Å²) in [5.74, 6) is -2.64. The van der Waals surface area contributed by atoms with Gasteiger partial charge in [-0.25, -0.2) is 4.79 Å². The molecule has 4 unspecified atom stereocenters. The molecule has 2 aliphatic rings. The van der Waals surface area contributed by atoms with Gasteiger partial charge < -0.3 is 4.84 Å². The molecule has 1 saturated carbocycles. The number of carbonyl (C=O) groups excluding carboxylic acids is 3. The first-order valence-electron chi connectivity index (χ1n) is 9.12. The van der Waals surface area contributed by atoms with Crippen LogP contribution in [0.4, 0.5) is 0 Å². The van der Waals surface area contributed by atoms with E-state index in [0.717, 1.165) is 16.7 Å². The molecule has 0 aromatic heterocycles. The van der Waals surface area contributed by atoms with E-state index in [2.05, 4.69) is 5.48 Å². The number of Topliss-reactive ketones (excluding diaryl/α,β-unsaturated/α-hetero) is 1. The van der Waals surface area contributed by atoms with Crippen LogP contribution in [0.25, 0.3) is 0 Å². The molecule has 1 aliphatic carbocycles. The van der Waals surface area contributed by atoms with Crippen LogP contribution in [0.5, 0.6) is 0 Å². The Morgan fingerprint density at radius 2 is 1.63 bits per heavy atom. The molecule has 1 heterocycles. The second-order valence-corrected chi connectivity index (χ2v) is 7.50. The van der Waals surface area contributed by atoms with Gasteiger partial charge in [0.2, 0.25) is 0 Å². The minimum Gasteiger partial charge on any atom is -0.339 e. The second kappa shape index (κ2) is 6.34. The molecule has 1 spiro atoms. The standard InChI is InChI=1S/C22H21NO4/c1-13-8-10-15(11-9-13)17-12-18(24)14(2)19(16-6-4-3-5-7-16)22(17)20(25)23-27-21(22)26/h3-11,14,17,19H,12H2,1-2H3,(H,23,25). The van der Waals surface area contributed by atoms with E-state index in [0.29, 0.717) is 0 Å². The molecule has 1 aliphatic heterocycles. The Morgan fingerprint density at radius 1 is 0.963 bits per heavy atom. The third kappa shape index (κ3) is 2.49. The highest BCUT2D eigenvalue weighted by Crippen LogP contribution is 2.58. The van der Waals surface area contributed by atoms with E-state index >= 15 is 0 Å².